The van der Waals surface area contributed by atoms with E-state index in [9.17, 15) is 21.6 Å². The van der Waals surface area contributed by atoms with Crippen molar-refractivity contribution in [3.63, 3.8) is 0 Å². The molecule has 0 radical (unpaired) electrons. The van der Waals surface area contributed by atoms with Crippen molar-refractivity contribution < 1.29 is 26.3 Å². The predicted molar refractivity (Wildman–Crippen MR) is 101 cm³/mol. The van der Waals surface area contributed by atoms with Crippen LogP contribution in [0.4, 0.5) is 13.2 Å². The largest absolute Gasteiger partial charge is 0.573 e. The van der Waals surface area contributed by atoms with Crippen molar-refractivity contribution in [2.75, 3.05) is 0 Å². The highest BCUT2D eigenvalue weighted by molar-refractivity contribution is 7.90. The highest BCUT2D eigenvalue weighted by atomic mass is 35.5. The lowest BCUT2D eigenvalue weighted by atomic mass is 9.99. The molecule has 0 bridgehead atoms. The molecule has 0 N–H and O–H groups in total. The molecule has 28 heavy (non-hydrogen) atoms. The lowest BCUT2D eigenvalue weighted by molar-refractivity contribution is -0.274. The molecule has 146 valence electrons. The van der Waals surface area contributed by atoms with Crippen LogP contribution in [0.2, 0.25) is 5.02 Å². The molecule has 0 unspecified atom stereocenters. The number of ether oxygens (including phenoxy) is 1. The highest BCUT2D eigenvalue weighted by Gasteiger charge is 2.33. The smallest absolute Gasteiger partial charge is 0.405 e. The van der Waals surface area contributed by atoms with Crippen LogP contribution >= 0.6 is 11.6 Å². The topological polar surface area (TPSA) is 43.4 Å². The van der Waals surface area contributed by atoms with Crippen LogP contribution in [0, 0.1) is 0 Å². The number of alkyl halides is 3. The number of halogens is 4. The minimum absolute atomic E-state index is 0.0260. The second-order valence-corrected chi connectivity index (χ2v) is 8.34. The first-order chi connectivity index (χ1) is 13.2. The quantitative estimate of drug-likeness (QED) is 0.511. The number of hydrogen-bond acceptors (Lipinski definition) is 3. The first kappa shape index (κ1) is 20.2. The predicted octanol–water partition coefficient (Wildman–Crippen LogP) is 5.88. The molecule has 0 aliphatic rings. The maximum atomic E-state index is 12.9. The monoisotopic (exact) mass is 426 g/mol. The van der Waals surface area contributed by atoms with E-state index in [2.05, 4.69) is 4.74 Å². The Morgan fingerprint density at radius 1 is 0.857 bits per heavy atom. The van der Waals surface area contributed by atoms with Gasteiger partial charge >= 0.3 is 6.36 Å². The van der Waals surface area contributed by atoms with Gasteiger partial charge in [0.2, 0.25) is 0 Å². The molecule has 3 aromatic carbocycles. The molecule has 0 spiro atoms. The number of hydrogen-bond donors (Lipinski definition) is 0. The molecule has 0 saturated heterocycles. The van der Waals surface area contributed by atoms with Gasteiger partial charge in [-0.1, -0.05) is 54.1 Å². The molecule has 8 heteroatoms. The summed E-state index contributed by atoms with van der Waals surface area (Å²) in [6.07, 6.45) is -4.91. The molecule has 0 heterocycles. The van der Waals surface area contributed by atoms with Gasteiger partial charge in [-0.25, -0.2) is 8.42 Å². The Balaban J connectivity index is 2.10. The van der Waals surface area contributed by atoms with Crippen LogP contribution in [0.5, 0.6) is 5.75 Å². The highest BCUT2D eigenvalue weighted by Crippen LogP contribution is 2.38. The Bertz CT molecular complexity index is 1060. The standard InChI is InChI=1S/C20H14ClF3O3S/c21-16-9-11-17(12-10-16)28(25,26)13-15-7-4-8-18(27-20(22,23)24)19(15)14-5-2-1-3-6-14/h1-12H,13H2. The summed E-state index contributed by atoms with van der Waals surface area (Å²) in [5, 5.41) is 0.379. The van der Waals surface area contributed by atoms with Gasteiger partial charge in [0.05, 0.1) is 10.6 Å². The van der Waals surface area contributed by atoms with E-state index in [-0.39, 0.29) is 16.0 Å². The fourth-order valence-corrected chi connectivity index (χ4v) is 4.26. The molecule has 0 saturated carbocycles. The van der Waals surface area contributed by atoms with E-state index < -0.39 is 27.7 Å². The fourth-order valence-electron chi connectivity index (χ4n) is 2.77. The molecule has 0 aromatic heterocycles. The zero-order chi connectivity index (χ0) is 20.4. The Labute approximate surface area is 165 Å². The van der Waals surface area contributed by atoms with Gasteiger partial charge in [0, 0.05) is 10.6 Å². The Hall–Kier alpha value is -2.51. The lowest BCUT2D eigenvalue weighted by Crippen LogP contribution is -2.18. The van der Waals surface area contributed by atoms with E-state index >= 15 is 0 Å². The Morgan fingerprint density at radius 2 is 1.50 bits per heavy atom. The van der Waals surface area contributed by atoms with Crippen molar-refractivity contribution in [1.29, 1.82) is 0 Å². The average Bonchev–Trinajstić information content (AvgIpc) is 2.61. The summed E-state index contributed by atoms with van der Waals surface area (Å²) in [6.45, 7) is 0. The third-order valence-corrected chi connectivity index (χ3v) is 5.85. The summed E-state index contributed by atoms with van der Waals surface area (Å²) in [7, 11) is -3.82. The van der Waals surface area contributed by atoms with Gasteiger partial charge < -0.3 is 4.74 Å². The minimum atomic E-state index is -4.91. The van der Waals surface area contributed by atoms with Crippen molar-refractivity contribution in [1.82, 2.24) is 0 Å². The molecule has 0 fully saturated rings. The van der Waals surface area contributed by atoms with E-state index in [1.54, 1.807) is 30.3 Å². The van der Waals surface area contributed by atoms with Gasteiger partial charge in [0.25, 0.3) is 0 Å². The normalized spacial score (nSPS) is 12.0. The Morgan fingerprint density at radius 3 is 2.11 bits per heavy atom. The van der Waals surface area contributed by atoms with Gasteiger partial charge in [-0.15, -0.1) is 13.2 Å². The van der Waals surface area contributed by atoms with Crippen molar-refractivity contribution in [3.8, 4) is 16.9 Å². The lowest BCUT2D eigenvalue weighted by Gasteiger charge is -2.17. The third-order valence-electron chi connectivity index (χ3n) is 3.92. The molecular weight excluding hydrogens is 413 g/mol. The van der Waals surface area contributed by atoms with Crippen molar-refractivity contribution in [2.45, 2.75) is 17.0 Å². The van der Waals surface area contributed by atoms with Gasteiger partial charge in [-0.3, -0.25) is 0 Å². The molecule has 3 rings (SSSR count). The molecule has 0 aliphatic carbocycles. The number of rotatable bonds is 5. The summed E-state index contributed by atoms with van der Waals surface area (Å²) in [5.74, 6) is -0.948. The summed E-state index contributed by atoms with van der Waals surface area (Å²) in [6, 6.07) is 17.8. The summed E-state index contributed by atoms with van der Waals surface area (Å²) >= 11 is 5.79. The molecule has 3 aromatic rings. The van der Waals surface area contributed by atoms with Crippen LogP contribution in [0.15, 0.2) is 77.7 Å². The van der Waals surface area contributed by atoms with E-state index in [0.29, 0.717) is 10.6 Å². The van der Waals surface area contributed by atoms with Gasteiger partial charge in [0.15, 0.2) is 9.84 Å². The summed E-state index contributed by atoms with van der Waals surface area (Å²) in [4.78, 5) is 0.0260. The molecule has 0 aliphatic heterocycles. The minimum Gasteiger partial charge on any atom is -0.405 e. The third kappa shape index (κ3) is 4.85. The van der Waals surface area contributed by atoms with Crippen molar-refractivity contribution >= 4 is 21.4 Å². The van der Waals surface area contributed by atoms with Gasteiger partial charge in [-0.05, 0) is 41.5 Å². The van der Waals surface area contributed by atoms with E-state index in [1.807, 2.05) is 0 Å². The Kier molecular flexibility index (Phi) is 5.67. The summed E-state index contributed by atoms with van der Waals surface area (Å²) < 4.78 is 68.3. The van der Waals surface area contributed by atoms with Crippen LogP contribution in [0.1, 0.15) is 5.56 Å². The number of benzene rings is 3. The van der Waals surface area contributed by atoms with E-state index in [0.717, 1.165) is 6.07 Å². The van der Waals surface area contributed by atoms with Crippen molar-refractivity contribution in [3.05, 3.63) is 83.4 Å². The van der Waals surface area contributed by atoms with Crippen LogP contribution in [0.25, 0.3) is 11.1 Å². The second-order valence-electron chi connectivity index (χ2n) is 5.92. The fraction of sp³-hybridized carbons (Fsp3) is 0.100. The van der Waals surface area contributed by atoms with Gasteiger partial charge in [0.1, 0.15) is 5.75 Å². The van der Waals surface area contributed by atoms with Crippen LogP contribution in [-0.2, 0) is 15.6 Å². The maximum absolute atomic E-state index is 12.9. The van der Waals surface area contributed by atoms with Crippen LogP contribution in [0.3, 0.4) is 0 Å². The first-order valence-corrected chi connectivity index (χ1v) is 10.1. The second kappa shape index (κ2) is 7.85. The molecular formula is C20H14ClF3O3S. The van der Waals surface area contributed by atoms with Crippen LogP contribution in [-0.4, -0.2) is 14.8 Å². The summed E-state index contributed by atoms with van der Waals surface area (Å²) in [5.41, 5.74) is 0.699. The van der Waals surface area contributed by atoms with E-state index in [1.165, 1.54) is 36.4 Å². The van der Waals surface area contributed by atoms with Gasteiger partial charge in [-0.2, -0.15) is 0 Å². The van der Waals surface area contributed by atoms with Crippen LogP contribution < -0.4 is 4.74 Å². The van der Waals surface area contributed by atoms with Crippen molar-refractivity contribution in [2.24, 2.45) is 0 Å². The SMILES string of the molecule is O=S(=O)(Cc1cccc(OC(F)(F)F)c1-c1ccccc1)c1ccc(Cl)cc1. The zero-order valence-electron chi connectivity index (χ0n) is 14.3. The van der Waals surface area contributed by atoms with E-state index in [4.69, 9.17) is 11.6 Å². The maximum Gasteiger partial charge on any atom is 0.573 e. The molecule has 0 amide bonds. The zero-order valence-corrected chi connectivity index (χ0v) is 15.9. The first-order valence-electron chi connectivity index (χ1n) is 8.07. The number of sulfone groups is 1. The molecule has 3 nitrogen and oxygen atoms in total. The molecule has 0 atom stereocenters. The average molecular weight is 427 g/mol.